The van der Waals surface area contributed by atoms with Gasteiger partial charge in [-0.25, -0.2) is 0 Å². The predicted octanol–water partition coefficient (Wildman–Crippen LogP) is 2.57. The maximum Gasteiger partial charge on any atom is 0.261 e. The first-order valence-corrected chi connectivity index (χ1v) is 7.26. The zero-order valence-corrected chi connectivity index (χ0v) is 13.1. The third-order valence-corrected chi connectivity index (χ3v) is 3.16. The summed E-state index contributed by atoms with van der Waals surface area (Å²) in [7, 11) is 4.02. The van der Waals surface area contributed by atoms with Gasteiger partial charge in [-0.2, -0.15) is 0 Å². The number of hydrogen-bond donors (Lipinski definition) is 1. The molecule has 0 heterocycles. The Kier molecular flexibility index (Phi) is 7.41. The molecule has 4 nitrogen and oxygen atoms in total. The van der Waals surface area contributed by atoms with Crippen LogP contribution in [0.5, 0.6) is 5.75 Å². The van der Waals surface area contributed by atoms with Gasteiger partial charge in [0.05, 0.1) is 5.02 Å². The van der Waals surface area contributed by atoms with Crippen molar-refractivity contribution in [3.8, 4) is 5.75 Å². The molecule has 1 amide bonds. The first-order chi connectivity index (χ1) is 9.54. The summed E-state index contributed by atoms with van der Waals surface area (Å²) in [6, 6.07) is 7.18. The Morgan fingerprint density at radius 3 is 2.70 bits per heavy atom. The van der Waals surface area contributed by atoms with Crippen LogP contribution in [0.3, 0.4) is 0 Å². The van der Waals surface area contributed by atoms with Gasteiger partial charge in [0.1, 0.15) is 5.75 Å². The third-order valence-electron chi connectivity index (χ3n) is 2.85. The van der Waals surface area contributed by atoms with Gasteiger partial charge in [0.15, 0.2) is 6.10 Å². The molecule has 0 radical (unpaired) electrons. The van der Waals surface area contributed by atoms with Gasteiger partial charge < -0.3 is 15.0 Å². The minimum absolute atomic E-state index is 0.0915. The highest BCUT2D eigenvalue weighted by molar-refractivity contribution is 6.32. The minimum atomic E-state index is -0.505. The van der Waals surface area contributed by atoms with Crippen LogP contribution in [0.2, 0.25) is 5.02 Å². The summed E-state index contributed by atoms with van der Waals surface area (Å²) in [5, 5.41) is 3.41. The van der Waals surface area contributed by atoms with Gasteiger partial charge in [-0.05, 0) is 45.6 Å². The predicted molar refractivity (Wildman–Crippen MR) is 82.3 cm³/mol. The largest absolute Gasteiger partial charge is 0.479 e. The molecule has 1 unspecified atom stereocenters. The number of nitrogens with zero attached hydrogens (tertiary/aromatic N) is 1. The SMILES string of the molecule is CCC(Oc1ccccc1Cl)C(=O)NCCCN(C)C. The van der Waals surface area contributed by atoms with Crippen molar-refractivity contribution in [3.63, 3.8) is 0 Å². The van der Waals surface area contributed by atoms with E-state index in [9.17, 15) is 4.79 Å². The van der Waals surface area contributed by atoms with E-state index in [-0.39, 0.29) is 5.91 Å². The third kappa shape index (κ3) is 5.80. The molecular formula is C15H23ClN2O2. The van der Waals surface area contributed by atoms with E-state index < -0.39 is 6.10 Å². The Labute approximate surface area is 126 Å². The number of para-hydroxylation sites is 1. The standard InChI is InChI=1S/C15H23ClN2O2/c1-4-13(15(19)17-10-7-11-18(2)3)20-14-9-6-5-8-12(14)16/h5-6,8-9,13H,4,7,10-11H2,1-3H3,(H,17,19). The molecule has 1 aromatic rings. The average Bonchev–Trinajstić information content (AvgIpc) is 2.42. The van der Waals surface area contributed by atoms with E-state index >= 15 is 0 Å². The molecular weight excluding hydrogens is 276 g/mol. The van der Waals surface area contributed by atoms with Crippen molar-refractivity contribution < 1.29 is 9.53 Å². The lowest BCUT2D eigenvalue weighted by Gasteiger charge is -2.18. The van der Waals surface area contributed by atoms with Gasteiger partial charge in [0.25, 0.3) is 5.91 Å². The Balaban J connectivity index is 2.45. The monoisotopic (exact) mass is 298 g/mol. The summed E-state index contributed by atoms with van der Waals surface area (Å²) < 4.78 is 5.68. The van der Waals surface area contributed by atoms with Crippen molar-refractivity contribution in [2.24, 2.45) is 0 Å². The summed E-state index contributed by atoms with van der Waals surface area (Å²) in [5.41, 5.74) is 0. The molecule has 1 atom stereocenters. The number of benzene rings is 1. The van der Waals surface area contributed by atoms with E-state index in [1.165, 1.54) is 0 Å². The molecule has 1 rings (SSSR count). The summed E-state index contributed by atoms with van der Waals surface area (Å²) in [6.07, 6.45) is 1.01. The van der Waals surface area contributed by atoms with Gasteiger partial charge in [-0.3, -0.25) is 4.79 Å². The molecule has 0 spiro atoms. The van der Waals surface area contributed by atoms with Crippen LogP contribution in [-0.2, 0) is 4.79 Å². The average molecular weight is 299 g/mol. The number of hydrogen-bond acceptors (Lipinski definition) is 3. The van der Waals surface area contributed by atoms with Crippen LogP contribution < -0.4 is 10.1 Å². The highest BCUT2D eigenvalue weighted by Crippen LogP contribution is 2.24. The lowest BCUT2D eigenvalue weighted by molar-refractivity contribution is -0.128. The molecule has 0 fully saturated rings. The van der Waals surface area contributed by atoms with Crippen LogP contribution in [0.25, 0.3) is 0 Å². The first-order valence-electron chi connectivity index (χ1n) is 6.88. The lowest BCUT2D eigenvalue weighted by Crippen LogP contribution is -2.39. The van der Waals surface area contributed by atoms with Crippen LogP contribution in [-0.4, -0.2) is 44.1 Å². The minimum Gasteiger partial charge on any atom is -0.479 e. The Morgan fingerprint density at radius 1 is 1.40 bits per heavy atom. The summed E-state index contributed by atoms with van der Waals surface area (Å²) >= 11 is 6.03. The number of carbonyl (C=O) groups is 1. The number of rotatable bonds is 8. The van der Waals surface area contributed by atoms with E-state index in [0.717, 1.165) is 13.0 Å². The van der Waals surface area contributed by atoms with E-state index in [1.807, 2.05) is 33.2 Å². The quantitative estimate of drug-likeness (QED) is 0.750. The van der Waals surface area contributed by atoms with Crippen molar-refractivity contribution in [2.75, 3.05) is 27.2 Å². The van der Waals surface area contributed by atoms with Crippen molar-refractivity contribution in [2.45, 2.75) is 25.9 Å². The second-order valence-corrected chi connectivity index (χ2v) is 5.30. The first kappa shape index (κ1) is 16.8. The Hall–Kier alpha value is -1.26. The summed E-state index contributed by atoms with van der Waals surface area (Å²) in [6.45, 7) is 3.52. The summed E-state index contributed by atoms with van der Waals surface area (Å²) in [4.78, 5) is 14.1. The molecule has 1 aromatic carbocycles. The highest BCUT2D eigenvalue weighted by Gasteiger charge is 2.18. The van der Waals surface area contributed by atoms with Gasteiger partial charge in [0, 0.05) is 6.54 Å². The molecule has 0 bridgehead atoms. The zero-order valence-electron chi connectivity index (χ0n) is 12.4. The second kappa shape index (κ2) is 8.82. The number of nitrogens with one attached hydrogen (secondary N) is 1. The molecule has 5 heteroatoms. The Morgan fingerprint density at radius 2 is 2.10 bits per heavy atom. The van der Waals surface area contributed by atoms with E-state index in [2.05, 4.69) is 10.2 Å². The second-order valence-electron chi connectivity index (χ2n) is 4.89. The molecule has 0 aliphatic carbocycles. The number of ether oxygens (including phenoxy) is 1. The molecule has 20 heavy (non-hydrogen) atoms. The zero-order chi connectivity index (χ0) is 15.0. The molecule has 0 saturated heterocycles. The molecule has 112 valence electrons. The van der Waals surface area contributed by atoms with Gasteiger partial charge in [-0.1, -0.05) is 30.7 Å². The fourth-order valence-corrected chi connectivity index (χ4v) is 1.92. The number of halogens is 1. The maximum absolute atomic E-state index is 12.0. The normalized spacial score (nSPS) is 12.2. The van der Waals surface area contributed by atoms with Crippen molar-refractivity contribution in [1.29, 1.82) is 0 Å². The fourth-order valence-electron chi connectivity index (χ4n) is 1.74. The van der Waals surface area contributed by atoms with Gasteiger partial charge in [0.2, 0.25) is 0 Å². The number of carbonyl (C=O) groups excluding carboxylic acids is 1. The molecule has 0 aliphatic rings. The topological polar surface area (TPSA) is 41.6 Å². The summed E-state index contributed by atoms with van der Waals surface area (Å²) in [5.74, 6) is 0.454. The van der Waals surface area contributed by atoms with E-state index in [1.54, 1.807) is 12.1 Å². The molecule has 0 saturated carbocycles. The molecule has 0 aliphatic heterocycles. The highest BCUT2D eigenvalue weighted by atomic mass is 35.5. The van der Waals surface area contributed by atoms with Gasteiger partial charge >= 0.3 is 0 Å². The van der Waals surface area contributed by atoms with Crippen LogP contribution in [0.4, 0.5) is 0 Å². The smallest absolute Gasteiger partial charge is 0.261 e. The van der Waals surface area contributed by atoms with E-state index in [0.29, 0.717) is 23.7 Å². The van der Waals surface area contributed by atoms with Crippen LogP contribution in [0.1, 0.15) is 19.8 Å². The number of amides is 1. The van der Waals surface area contributed by atoms with Crippen LogP contribution >= 0.6 is 11.6 Å². The van der Waals surface area contributed by atoms with Crippen molar-refractivity contribution in [1.82, 2.24) is 10.2 Å². The fraction of sp³-hybridized carbons (Fsp3) is 0.533. The van der Waals surface area contributed by atoms with Crippen LogP contribution in [0.15, 0.2) is 24.3 Å². The molecule has 0 aromatic heterocycles. The maximum atomic E-state index is 12.0. The van der Waals surface area contributed by atoms with E-state index in [4.69, 9.17) is 16.3 Å². The van der Waals surface area contributed by atoms with Crippen molar-refractivity contribution in [3.05, 3.63) is 29.3 Å². The van der Waals surface area contributed by atoms with Crippen LogP contribution in [0, 0.1) is 0 Å². The Bertz CT molecular complexity index is 424. The van der Waals surface area contributed by atoms with Gasteiger partial charge in [-0.15, -0.1) is 0 Å². The van der Waals surface area contributed by atoms with Crippen molar-refractivity contribution >= 4 is 17.5 Å². The molecule has 1 N–H and O–H groups in total. The lowest BCUT2D eigenvalue weighted by atomic mass is 10.2.